The van der Waals surface area contributed by atoms with Crippen LogP contribution >= 0.6 is 11.3 Å². The Labute approximate surface area is 165 Å². The lowest BCUT2D eigenvalue weighted by Gasteiger charge is -2.04. The molecule has 0 spiro atoms. The Hall–Kier alpha value is -3.38. The van der Waals surface area contributed by atoms with Crippen LogP contribution in [0.1, 0.15) is 27.8 Å². The van der Waals surface area contributed by atoms with Crippen molar-refractivity contribution in [1.29, 1.82) is 0 Å². The van der Waals surface area contributed by atoms with Crippen molar-refractivity contribution in [1.82, 2.24) is 0 Å². The molecule has 140 valence electrons. The highest BCUT2D eigenvalue weighted by molar-refractivity contribution is 7.20. The third-order valence-corrected chi connectivity index (χ3v) is 5.26. The average Bonchev–Trinajstić information content (AvgIpc) is 3.33. The maximum absolute atomic E-state index is 12.7. The van der Waals surface area contributed by atoms with Gasteiger partial charge in [0.1, 0.15) is 10.6 Å². The van der Waals surface area contributed by atoms with Crippen LogP contribution < -0.4 is 5.32 Å². The van der Waals surface area contributed by atoms with Crippen LogP contribution in [0, 0.1) is 0 Å². The summed E-state index contributed by atoms with van der Waals surface area (Å²) in [6, 6.07) is 20.5. The summed E-state index contributed by atoms with van der Waals surface area (Å²) in [6.45, 7) is 2.00. The Morgan fingerprint density at radius 2 is 1.79 bits per heavy atom. The third-order valence-electron chi connectivity index (χ3n) is 4.16. The first-order valence-electron chi connectivity index (χ1n) is 8.82. The summed E-state index contributed by atoms with van der Waals surface area (Å²) in [5.41, 5.74) is 1.92. The van der Waals surface area contributed by atoms with E-state index in [2.05, 4.69) is 5.32 Å². The summed E-state index contributed by atoms with van der Waals surface area (Å²) in [6.07, 6.45) is 0. The zero-order valence-corrected chi connectivity index (χ0v) is 15.9. The van der Waals surface area contributed by atoms with Crippen molar-refractivity contribution in [3.63, 3.8) is 0 Å². The summed E-state index contributed by atoms with van der Waals surface area (Å²) in [7, 11) is 0. The van der Waals surface area contributed by atoms with E-state index in [1.54, 1.807) is 25.1 Å². The minimum absolute atomic E-state index is 0.186. The molecule has 0 radical (unpaired) electrons. The molecule has 2 aromatic carbocycles. The number of rotatable bonds is 5. The zero-order valence-electron chi connectivity index (χ0n) is 15.1. The largest absolute Gasteiger partial charge is 0.462 e. The molecule has 1 amide bonds. The van der Waals surface area contributed by atoms with Gasteiger partial charge in [0, 0.05) is 10.3 Å². The zero-order chi connectivity index (χ0) is 19.5. The van der Waals surface area contributed by atoms with E-state index in [9.17, 15) is 9.59 Å². The van der Waals surface area contributed by atoms with Crippen molar-refractivity contribution in [2.45, 2.75) is 6.92 Å². The number of ether oxygens (including phenoxy) is 1. The fourth-order valence-corrected chi connectivity index (χ4v) is 3.89. The molecule has 2 aromatic heterocycles. The van der Waals surface area contributed by atoms with Gasteiger partial charge >= 0.3 is 5.97 Å². The molecule has 0 saturated carbocycles. The number of hydrogen-bond donors (Lipinski definition) is 1. The van der Waals surface area contributed by atoms with Gasteiger partial charge in [0.25, 0.3) is 5.91 Å². The number of carbonyl (C=O) groups excluding carboxylic acids is 2. The standard InChI is InChI=1S/C22H17NO4S/c1-2-26-22(25)16-13-19(14-8-4-3-5-9-14)28-21(16)23-20(24)18-12-15-10-6-7-11-17(15)27-18/h3-13H,2H2,1H3,(H,23,24). The highest BCUT2D eigenvalue weighted by Crippen LogP contribution is 2.36. The van der Waals surface area contributed by atoms with E-state index in [-0.39, 0.29) is 12.4 Å². The normalized spacial score (nSPS) is 10.8. The van der Waals surface area contributed by atoms with Gasteiger partial charge in [-0.15, -0.1) is 11.3 Å². The van der Waals surface area contributed by atoms with Gasteiger partial charge < -0.3 is 14.5 Å². The number of carbonyl (C=O) groups is 2. The van der Waals surface area contributed by atoms with Gasteiger partial charge in [0.05, 0.1) is 12.2 Å². The first-order chi connectivity index (χ1) is 13.7. The number of esters is 1. The smallest absolute Gasteiger partial charge is 0.341 e. The van der Waals surface area contributed by atoms with Gasteiger partial charge in [0.15, 0.2) is 5.76 Å². The highest BCUT2D eigenvalue weighted by Gasteiger charge is 2.21. The Bertz CT molecular complexity index is 1110. The second-order valence-electron chi connectivity index (χ2n) is 6.04. The van der Waals surface area contributed by atoms with Gasteiger partial charge in [-0.3, -0.25) is 4.79 Å². The van der Waals surface area contributed by atoms with Crippen molar-refractivity contribution < 1.29 is 18.7 Å². The molecule has 28 heavy (non-hydrogen) atoms. The Morgan fingerprint density at radius 1 is 1.04 bits per heavy atom. The number of furan rings is 1. The van der Waals surface area contributed by atoms with Crippen LogP contribution in [0.4, 0.5) is 5.00 Å². The number of benzene rings is 2. The molecule has 5 nitrogen and oxygen atoms in total. The van der Waals surface area contributed by atoms with Crippen molar-refractivity contribution >= 4 is 39.2 Å². The van der Waals surface area contributed by atoms with Crippen LogP contribution in [0.5, 0.6) is 0 Å². The fourth-order valence-electron chi connectivity index (χ4n) is 2.85. The van der Waals surface area contributed by atoms with Gasteiger partial charge in [-0.1, -0.05) is 48.5 Å². The molecular weight excluding hydrogens is 374 g/mol. The molecule has 4 aromatic rings. The number of nitrogens with one attached hydrogen (secondary N) is 1. The maximum atomic E-state index is 12.7. The minimum Gasteiger partial charge on any atom is -0.462 e. The molecular formula is C22H17NO4S. The lowest BCUT2D eigenvalue weighted by molar-refractivity contribution is 0.0528. The third kappa shape index (κ3) is 3.54. The van der Waals surface area contributed by atoms with E-state index in [1.807, 2.05) is 48.5 Å². The molecule has 0 aliphatic heterocycles. The van der Waals surface area contributed by atoms with Crippen LogP contribution in [0.2, 0.25) is 0 Å². The summed E-state index contributed by atoms with van der Waals surface area (Å²) in [5.74, 6) is -0.699. The first-order valence-corrected chi connectivity index (χ1v) is 9.63. The summed E-state index contributed by atoms with van der Waals surface area (Å²) >= 11 is 1.32. The molecule has 1 N–H and O–H groups in total. The lowest BCUT2D eigenvalue weighted by atomic mass is 10.1. The number of para-hydroxylation sites is 1. The fraction of sp³-hybridized carbons (Fsp3) is 0.0909. The molecule has 0 aliphatic rings. The quantitative estimate of drug-likeness (QED) is 0.450. The Balaban J connectivity index is 1.67. The molecule has 4 rings (SSSR count). The van der Waals surface area contributed by atoms with E-state index < -0.39 is 11.9 Å². The molecule has 0 aliphatic carbocycles. The number of amides is 1. The number of fused-ring (bicyclic) bond motifs is 1. The number of anilines is 1. The van der Waals surface area contributed by atoms with Crippen molar-refractivity contribution in [2.24, 2.45) is 0 Å². The van der Waals surface area contributed by atoms with Gasteiger partial charge in [0.2, 0.25) is 0 Å². The topological polar surface area (TPSA) is 68.5 Å². The first kappa shape index (κ1) is 18.0. The lowest BCUT2D eigenvalue weighted by Crippen LogP contribution is -2.13. The summed E-state index contributed by atoms with van der Waals surface area (Å²) in [4.78, 5) is 26.0. The van der Waals surface area contributed by atoms with E-state index in [0.717, 1.165) is 15.8 Å². The highest BCUT2D eigenvalue weighted by atomic mass is 32.1. The van der Waals surface area contributed by atoms with Crippen LogP contribution in [0.15, 0.2) is 71.1 Å². The van der Waals surface area contributed by atoms with E-state index in [4.69, 9.17) is 9.15 Å². The molecule has 6 heteroatoms. The minimum atomic E-state index is -0.471. The van der Waals surface area contributed by atoms with E-state index in [0.29, 0.717) is 16.1 Å². The van der Waals surface area contributed by atoms with Gasteiger partial charge in [-0.05, 0) is 30.7 Å². The maximum Gasteiger partial charge on any atom is 0.341 e. The SMILES string of the molecule is CCOC(=O)c1cc(-c2ccccc2)sc1NC(=O)c1cc2ccccc2o1. The molecule has 0 unspecified atom stereocenters. The van der Waals surface area contributed by atoms with Crippen LogP contribution in [0.3, 0.4) is 0 Å². The molecule has 0 bridgehead atoms. The average molecular weight is 391 g/mol. The van der Waals surface area contributed by atoms with Crippen LogP contribution in [-0.2, 0) is 4.74 Å². The number of hydrogen-bond acceptors (Lipinski definition) is 5. The molecule has 0 fully saturated rings. The van der Waals surface area contributed by atoms with E-state index >= 15 is 0 Å². The van der Waals surface area contributed by atoms with Crippen LogP contribution in [0.25, 0.3) is 21.4 Å². The van der Waals surface area contributed by atoms with Crippen LogP contribution in [-0.4, -0.2) is 18.5 Å². The van der Waals surface area contributed by atoms with E-state index in [1.165, 1.54) is 11.3 Å². The molecule has 0 saturated heterocycles. The summed E-state index contributed by atoms with van der Waals surface area (Å²) < 4.78 is 10.8. The van der Waals surface area contributed by atoms with Crippen molar-refractivity contribution in [3.8, 4) is 10.4 Å². The molecule has 0 atom stereocenters. The Kier molecular flexibility index (Phi) is 4.95. The predicted octanol–water partition coefficient (Wildman–Crippen LogP) is 5.59. The second kappa shape index (κ2) is 7.70. The summed E-state index contributed by atoms with van der Waals surface area (Å²) in [5, 5.41) is 4.08. The van der Waals surface area contributed by atoms with Gasteiger partial charge in [-0.2, -0.15) is 0 Å². The molecule has 2 heterocycles. The van der Waals surface area contributed by atoms with Gasteiger partial charge in [-0.25, -0.2) is 4.79 Å². The predicted molar refractivity (Wildman–Crippen MR) is 110 cm³/mol. The van der Waals surface area contributed by atoms with Crippen molar-refractivity contribution in [3.05, 3.63) is 78.1 Å². The number of thiophene rings is 1. The van der Waals surface area contributed by atoms with Crippen molar-refractivity contribution in [2.75, 3.05) is 11.9 Å². The monoisotopic (exact) mass is 391 g/mol. The Morgan fingerprint density at radius 3 is 2.54 bits per heavy atom. The second-order valence-corrected chi connectivity index (χ2v) is 7.09.